The number of hydrogen-bond acceptors (Lipinski definition) is 3. The molecule has 1 heterocycles. The first kappa shape index (κ1) is 11.4. The van der Waals surface area contributed by atoms with Gasteiger partial charge in [0.1, 0.15) is 5.52 Å². The molecule has 0 fully saturated rings. The zero-order valence-corrected chi connectivity index (χ0v) is 11.1. The van der Waals surface area contributed by atoms with E-state index in [2.05, 4.69) is 20.9 Å². The third-order valence-corrected chi connectivity index (χ3v) is 3.28. The van der Waals surface area contributed by atoms with Crippen molar-refractivity contribution in [2.75, 3.05) is 0 Å². The minimum absolute atomic E-state index is 0.542. The normalized spacial score (nSPS) is 11.0. The molecule has 0 aliphatic rings. The van der Waals surface area contributed by atoms with Gasteiger partial charge in [0.2, 0.25) is 5.89 Å². The first-order chi connectivity index (χ1) is 8.76. The molecular formula is C14H11BrN2O. The number of hydrogen-bond donors (Lipinski definition) is 1. The highest BCUT2D eigenvalue weighted by atomic mass is 79.9. The van der Waals surface area contributed by atoms with Gasteiger partial charge >= 0.3 is 0 Å². The number of fused-ring (bicyclic) bond motifs is 1. The molecule has 0 spiro atoms. The average Bonchev–Trinajstić information content (AvgIpc) is 2.81. The second kappa shape index (κ2) is 4.55. The lowest BCUT2D eigenvalue weighted by Gasteiger charge is -1.97. The second-order valence-corrected chi connectivity index (χ2v) is 4.95. The van der Waals surface area contributed by atoms with Crippen molar-refractivity contribution in [3.63, 3.8) is 0 Å². The van der Waals surface area contributed by atoms with Crippen LogP contribution in [0.1, 0.15) is 5.56 Å². The van der Waals surface area contributed by atoms with E-state index >= 15 is 0 Å². The molecule has 2 N–H and O–H groups in total. The van der Waals surface area contributed by atoms with Crippen LogP contribution in [0.3, 0.4) is 0 Å². The largest absolute Gasteiger partial charge is 0.436 e. The smallest absolute Gasteiger partial charge is 0.227 e. The fourth-order valence-electron chi connectivity index (χ4n) is 1.81. The van der Waals surface area contributed by atoms with Gasteiger partial charge in [0, 0.05) is 16.6 Å². The van der Waals surface area contributed by atoms with Crippen molar-refractivity contribution in [3.8, 4) is 11.5 Å². The summed E-state index contributed by atoms with van der Waals surface area (Å²) in [6.45, 7) is 0.542. The Hall–Kier alpha value is -1.65. The van der Waals surface area contributed by atoms with Crippen molar-refractivity contribution in [1.29, 1.82) is 0 Å². The Morgan fingerprint density at radius 3 is 2.61 bits per heavy atom. The van der Waals surface area contributed by atoms with E-state index in [0.29, 0.717) is 12.4 Å². The number of benzene rings is 2. The summed E-state index contributed by atoms with van der Waals surface area (Å²) in [6.07, 6.45) is 0. The molecule has 0 aliphatic carbocycles. The first-order valence-electron chi connectivity index (χ1n) is 5.62. The third-order valence-electron chi connectivity index (χ3n) is 2.79. The number of nitrogens with zero attached hydrogens (tertiary/aromatic N) is 1. The fourth-order valence-corrected chi connectivity index (χ4v) is 2.16. The minimum Gasteiger partial charge on any atom is -0.436 e. The van der Waals surface area contributed by atoms with E-state index in [0.717, 1.165) is 26.7 Å². The number of oxazole rings is 1. The summed E-state index contributed by atoms with van der Waals surface area (Å²) in [7, 11) is 0. The van der Waals surface area contributed by atoms with Crippen LogP contribution in [0.5, 0.6) is 0 Å². The van der Waals surface area contributed by atoms with E-state index in [-0.39, 0.29) is 0 Å². The van der Waals surface area contributed by atoms with Gasteiger partial charge in [-0.1, -0.05) is 28.1 Å². The van der Waals surface area contributed by atoms with Crippen LogP contribution in [0.25, 0.3) is 22.6 Å². The maximum atomic E-state index is 5.72. The van der Waals surface area contributed by atoms with Crippen molar-refractivity contribution in [2.45, 2.75) is 6.54 Å². The quantitative estimate of drug-likeness (QED) is 0.785. The molecule has 1 aromatic heterocycles. The van der Waals surface area contributed by atoms with Crippen molar-refractivity contribution in [1.82, 2.24) is 4.98 Å². The highest BCUT2D eigenvalue weighted by Crippen LogP contribution is 2.26. The Kier molecular flexibility index (Phi) is 2.89. The molecule has 0 radical (unpaired) electrons. The molecule has 2 aromatic carbocycles. The number of aromatic nitrogens is 1. The number of halogens is 1. The van der Waals surface area contributed by atoms with Crippen LogP contribution in [0.4, 0.5) is 0 Å². The van der Waals surface area contributed by atoms with Crippen LogP contribution < -0.4 is 5.73 Å². The van der Waals surface area contributed by atoms with E-state index < -0.39 is 0 Å². The molecule has 0 saturated carbocycles. The summed E-state index contributed by atoms with van der Waals surface area (Å²) in [5.74, 6) is 0.631. The van der Waals surface area contributed by atoms with Gasteiger partial charge in [0.25, 0.3) is 0 Å². The molecule has 3 aromatic rings. The van der Waals surface area contributed by atoms with Gasteiger partial charge in [-0.3, -0.25) is 0 Å². The van der Waals surface area contributed by atoms with E-state index in [1.807, 2.05) is 42.5 Å². The summed E-state index contributed by atoms with van der Waals surface area (Å²) in [5, 5.41) is 0. The van der Waals surface area contributed by atoms with Crippen LogP contribution in [-0.4, -0.2) is 4.98 Å². The number of nitrogens with two attached hydrogens (primary N) is 1. The molecule has 0 saturated heterocycles. The van der Waals surface area contributed by atoms with Crippen molar-refractivity contribution >= 4 is 27.0 Å². The summed E-state index contributed by atoms with van der Waals surface area (Å²) in [5.41, 5.74) is 9.26. The van der Waals surface area contributed by atoms with Crippen LogP contribution in [0.2, 0.25) is 0 Å². The zero-order chi connectivity index (χ0) is 12.5. The molecule has 0 bridgehead atoms. The summed E-state index contributed by atoms with van der Waals surface area (Å²) in [6, 6.07) is 13.7. The predicted molar refractivity (Wildman–Crippen MR) is 75.0 cm³/mol. The maximum Gasteiger partial charge on any atom is 0.227 e. The molecule has 18 heavy (non-hydrogen) atoms. The van der Waals surface area contributed by atoms with E-state index in [9.17, 15) is 0 Å². The highest BCUT2D eigenvalue weighted by molar-refractivity contribution is 9.10. The average molecular weight is 303 g/mol. The Bertz CT molecular complexity index is 689. The van der Waals surface area contributed by atoms with Crippen LogP contribution in [-0.2, 0) is 6.54 Å². The predicted octanol–water partition coefficient (Wildman–Crippen LogP) is 3.72. The molecule has 0 amide bonds. The maximum absolute atomic E-state index is 5.72. The van der Waals surface area contributed by atoms with Gasteiger partial charge in [-0.25, -0.2) is 4.98 Å². The molecule has 0 unspecified atom stereocenters. The second-order valence-electron chi connectivity index (χ2n) is 4.03. The van der Waals surface area contributed by atoms with Gasteiger partial charge in [0.15, 0.2) is 5.58 Å². The monoisotopic (exact) mass is 302 g/mol. The molecule has 0 aliphatic heterocycles. The Labute approximate surface area is 113 Å². The van der Waals surface area contributed by atoms with Gasteiger partial charge in [-0.2, -0.15) is 0 Å². The van der Waals surface area contributed by atoms with Crippen LogP contribution in [0.15, 0.2) is 51.4 Å². The van der Waals surface area contributed by atoms with Crippen LogP contribution >= 0.6 is 15.9 Å². The Morgan fingerprint density at radius 2 is 1.89 bits per heavy atom. The summed E-state index contributed by atoms with van der Waals surface area (Å²) in [4.78, 5) is 4.47. The Morgan fingerprint density at radius 1 is 1.11 bits per heavy atom. The van der Waals surface area contributed by atoms with Gasteiger partial charge < -0.3 is 10.2 Å². The summed E-state index contributed by atoms with van der Waals surface area (Å²) >= 11 is 3.42. The highest BCUT2D eigenvalue weighted by Gasteiger charge is 2.08. The van der Waals surface area contributed by atoms with E-state index in [1.54, 1.807) is 0 Å². The molecule has 90 valence electrons. The van der Waals surface area contributed by atoms with E-state index in [1.165, 1.54) is 0 Å². The fraction of sp³-hybridized carbons (Fsp3) is 0.0714. The SMILES string of the molecule is NCc1ccc(-c2nc3cc(Br)ccc3o2)cc1. The third kappa shape index (κ3) is 2.05. The van der Waals surface area contributed by atoms with Crippen LogP contribution in [0, 0.1) is 0 Å². The van der Waals surface area contributed by atoms with Crippen molar-refractivity contribution < 1.29 is 4.42 Å². The van der Waals surface area contributed by atoms with Gasteiger partial charge in [-0.05, 0) is 35.9 Å². The molecular weight excluding hydrogens is 292 g/mol. The zero-order valence-electron chi connectivity index (χ0n) is 9.56. The van der Waals surface area contributed by atoms with Crippen molar-refractivity contribution in [3.05, 3.63) is 52.5 Å². The lowest BCUT2D eigenvalue weighted by Crippen LogP contribution is -1.95. The van der Waals surface area contributed by atoms with Gasteiger partial charge in [0.05, 0.1) is 0 Å². The van der Waals surface area contributed by atoms with Crippen molar-refractivity contribution in [2.24, 2.45) is 5.73 Å². The lowest BCUT2D eigenvalue weighted by atomic mass is 10.1. The Balaban J connectivity index is 2.07. The van der Waals surface area contributed by atoms with Gasteiger partial charge in [-0.15, -0.1) is 0 Å². The summed E-state index contributed by atoms with van der Waals surface area (Å²) < 4.78 is 6.71. The molecule has 4 heteroatoms. The molecule has 3 nitrogen and oxygen atoms in total. The van der Waals surface area contributed by atoms with E-state index in [4.69, 9.17) is 10.2 Å². The minimum atomic E-state index is 0.542. The first-order valence-corrected chi connectivity index (χ1v) is 6.41. The molecule has 3 rings (SSSR count). The lowest BCUT2D eigenvalue weighted by molar-refractivity contribution is 0.620. The number of rotatable bonds is 2. The topological polar surface area (TPSA) is 52.0 Å². The molecule has 0 atom stereocenters. The standard InChI is InChI=1S/C14H11BrN2O/c15-11-5-6-13-12(7-11)17-14(18-13)10-3-1-9(8-16)2-4-10/h1-7H,8,16H2.